The quantitative estimate of drug-likeness (QED) is 0.798. The number of carbonyl (C=O) groups is 1. The number of nitrogens with one attached hydrogen (secondary N) is 1. The second-order valence-electron chi connectivity index (χ2n) is 5.87. The molecular weight excluding hydrogens is 306 g/mol. The van der Waals surface area contributed by atoms with E-state index in [4.69, 9.17) is 4.42 Å². The van der Waals surface area contributed by atoms with Gasteiger partial charge in [-0.05, 0) is 56.2 Å². The van der Waals surface area contributed by atoms with Crippen LogP contribution in [0, 0.1) is 20.8 Å². The van der Waals surface area contributed by atoms with Crippen LogP contribution in [0.5, 0.6) is 0 Å². The minimum atomic E-state index is -0.251. The first kappa shape index (κ1) is 16.0. The van der Waals surface area contributed by atoms with E-state index in [-0.39, 0.29) is 18.0 Å². The van der Waals surface area contributed by atoms with E-state index in [0.717, 1.165) is 11.1 Å². The smallest absolute Gasteiger partial charge is 0.272 e. The summed E-state index contributed by atoms with van der Waals surface area (Å²) in [6, 6.07) is 7.38. The normalized spacial score (nSPS) is 11.0. The van der Waals surface area contributed by atoms with Crippen LogP contribution in [0.2, 0.25) is 0 Å². The van der Waals surface area contributed by atoms with Crippen molar-refractivity contribution in [2.24, 2.45) is 0 Å². The van der Waals surface area contributed by atoms with Crippen LogP contribution in [0.1, 0.15) is 22.6 Å². The van der Waals surface area contributed by atoms with Gasteiger partial charge in [-0.3, -0.25) is 14.2 Å². The zero-order chi connectivity index (χ0) is 17.3. The average Bonchev–Trinajstić information content (AvgIpc) is 3.05. The first-order valence-corrected chi connectivity index (χ1v) is 7.73. The molecule has 0 saturated carbocycles. The van der Waals surface area contributed by atoms with Crippen LogP contribution < -0.4 is 10.9 Å². The number of rotatable bonds is 4. The summed E-state index contributed by atoms with van der Waals surface area (Å²) in [5, 5.41) is 2.76. The molecule has 3 rings (SSSR count). The molecule has 0 saturated heterocycles. The fraction of sp³-hybridized carbons (Fsp3) is 0.278. The second-order valence-corrected chi connectivity index (χ2v) is 5.87. The third-order valence-corrected chi connectivity index (χ3v) is 4.07. The van der Waals surface area contributed by atoms with Crippen molar-refractivity contribution < 1.29 is 9.21 Å². The van der Waals surface area contributed by atoms with Crippen molar-refractivity contribution in [3.63, 3.8) is 0 Å². The summed E-state index contributed by atoms with van der Waals surface area (Å²) >= 11 is 0. The van der Waals surface area contributed by atoms with Crippen LogP contribution in [0.4, 0.5) is 0 Å². The fourth-order valence-corrected chi connectivity index (χ4v) is 2.58. The van der Waals surface area contributed by atoms with E-state index in [9.17, 15) is 9.59 Å². The molecule has 1 N–H and O–H groups in total. The molecular formula is C18H19N3O3. The lowest BCUT2D eigenvalue weighted by Crippen LogP contribution is -2.33. The van der Waals surface area contributed by atoms with Crippen LogP contribution >= 0.6 is 0 Å². The average molecular weight is 325 g/mol. The first-order valence-electron chi connectivity index (χ1n) is 7.73. The van der Waals surface area contributed by atoms with Crippen LogP contribution in [-0.2, 0) is 17.9 Å². The van der Waals surface area contributed by atoms with Gasteiger partial charge >= 0.3 is 0 Å². The molecule has 6 nitrogen and oxygen atoms in total. The van der Waals surface area contributed by atoms with E-state index in [1.54, 1.807) is 25.3 Å². The van der Waals surface area contributed by atoms with Crippen molar-refractivity contribution in [1.82, 2.24) is 14.9 Å². The Hall–Kier alpha value is -2.89. The van der Waals surface area contributed by atoms with Gasteiger partial charge in [0.2, 0.25) is 5.91 Å². The Kier molecular flexibility index (Phi) is 4.20. The molecule has 0 unspecified atom stereocenters. The van der Waals surface area contributed by atoms with Gasteiger partial charge in [0, 0.05) is 0 Å². The summed E-state index contributed by atoms with van der Waals surface area (Å²) in [7, 11) is 0. The number of aryl methyl sites for hydroxylation is 3. The number of furan rings is 1. The summed E-state index contributed by atoms with van der Waals surface area (Å²) in [6.45, 7) is 5.87. The molecule has 1 amide bonds. The molecule has 2 heterocycles. The summed E-state index contributed by atoms with van der Waals surface area (Å²) < 4.78 is 6.66. The predicted molar refractivity (Wildman–Crippen MR) is 90.8 cm³/mol. The molecule has 0 atom stereocenters. The number of aromatic nitrogens is 2. The fourth-order valence-electron chi connectivity index (χ4n) is 2.58. The van der Waals surface area contributed by atoms with Crippen molar-refractivity contribution in [2.45, 2.75) is 33.9 Å². The molecule has 0 fully saturated rings. The van der Waals surface area contributed by atoms with E-state index >= 15 is 0 Å². The van der Waals surface area contributed by atoms with Gasteiger partial charge in [0.05, 0.1) is 23.8 Å². The highest BCUT2D eigenvalue weighted by Gasteiger charge is 2.13. The number of amides is 1. The minimum absolute atomic E-state index is 0.0537. The topological polar surface area (TPSA) is 77.1 Å². The van der Waals surface area contributed by atoms with Crippen molar-refractivity contribution in [3.05, 3.63) is 63.5 Å². The van der Waals surface area contributed by atoms with E-state index < -0.39 is 0 Å². The van der Waals surface area contributed by atoms with Crippen molar-refractivity contribution in [1.29, 1.82) is 0 Å². The van der Waals surface area contributed by atoms with Gasteiger partial charge in [0.25, 0.3) is 5.56 Å². The highest BCUT2D eigenvalue weighted by atomic mass is 16.3. The van der Waals surface area contributed by atoms with Gasteiger partial charge in [-0.1, -0.05) is 0 Å². The molecule has 0 aliphatic heterocycles. The number of hydrogen-bond donors (Lipinski definition) is 1. The highest BCUT2D eigenvalue weighted by Crippen LogP contribution is 2.17. The van der Waals surface area contributed by atoms with Gasteiger partial charge in [0.1, 0.15) is 18.0 Å². The lowest BCUT2D eigenvalue weighted by molar-refractivity contribution is -0.121. The summed E-state index contributed by atoms with van der Waals surface area (Å²) in [4.78, 5) is 29.0. The van der Waals surface area contributed by atoms with Crippen molar-refractivity contribution in [2.75, 3.05) is 0 Å². The summed E-state index contributed by atoms with van der Waals surface area (Å²) in [5.74, 6) is 0.413. The molecule has 0 aliphatic rings. The van der Waals surface area contributed by atoms with Gasteiger partial charge in [0.15, 0.2) is 0 Å². The maximum atomic E-state index is 12.4. The third-order valence-electron chi connectivity index (χ3n) is 4.07. The molecule has 6 heteroatoms. The predicted octanol–water partition coefficient (Wildman–Crippen LogP) is 2.23. The number of nitrogens with zero attached hydrogens (tertiary/aromatic N) is 2. The zero-order valence-corrected chi connectivity index (χ0v) is 13.9. The highest BCUT2D eigenvalue weighted by molar-refractivity contribution is 5.81. The SMILES string of the molecule is Cc1cc2nc(C)c(=O)n(CC(=O)NCc3ccco3)c2cc1C. The number of carbonyl (C=O) groups excluding carboxylic acids is 1. The largest absolute Gasteiger partial charge is 0.467 e. The van der Waals surface area contributed by atoms with Crippen LogP contribution in [-0.4, -0.2) is 15.5 Å². The maximum Gasteiger partial charge on any atom is 0.272 e. The molecule has 0 aliphatic carbocycles. The summed E-state index contributed by atoms with van der Waals surface area (Å²) in [6.07, 6.45) is 1.55. The number of fused-ring (bicyclic) bond motifs is 1. The second kappa shape index (κ2) is 6.31. The van der Waals surface area contributed by atoms with E-state index in [1.165, 1.54) is 4.57 Å². The standard InChI is InChI=1S/C18H19N3O3/c1-11-7-15-16(8-12(11)2)21(18(23)13(3)20-15)10-17(22)19-9-14-5-4-6-24-14/h4-8H,9-10H2,1-3H3,(H,19,22). The van der Waals surface area contributed by atoms with Gasteiger partial charge < -0.3 is 9.73 Å². The molecule has 3 aromatic rings. The Morgan fingerprint density at radius 3 is 2.71 bits per heavy atom. The molecule has 24 heavy (non-hydrogen) atoms. The maximum absolute atomic E-state index is 12.4. The monoisotopic (exact) mass is 325 g/mol. The number of benzene rings is 1. The van der Waals surface area contributed by atoms with Crippen molar-refractivity contribution >= 4 is 16.9 Å². The van der Waals surface area contributed by atoms with Crippen LogP contribution in [0.25, 0.3) is 11.0 Å². The minimum Gasteiger partial charge on any atom is -0.467 e. The Morgan fingerprint density at radius 2 is 2.00 bits per heavy atom. The van der Waals surface area contributed by atoms with Gasteiger partial charge in [-0.15, -0.1) is 0 Å². The Bertz CT molecular complexity index is 956. The van der Waals surface area contributed by atoms with Gasteiger partial charge in [-0.25, -0.2) is 4.98 Å². The lowest BCUT2D eigenvalue weighted by atomic mass is 10.1. The number of hydrogen-bond acceptors (Lipinski definition) is 4. The van der Waals surface area contributed by atoms with Crippen LogP contribution in [0.15, 0.2) is 39.7 Å². The lowest BCUT2D eigenvalue weighted by Gasteiger charge is -2.13. The molecule has 0 radical (unpaired) electrons. The van der Waals surface area contributed by atoms with E-state index in [1.807, 2.05) is 26.0 Å². The first-order chi connectivity index (χ1) is 11.5. The summed E-state index contributed by atoms with van der Waals surface area (Å²) in [5.41, 5.74) is 3.67. The van der Waals surface area contributed by atoms with Crippen LogP contribution in [0.3, 0.4) is 0 Å². The molecule has 2 aromatic heterocycles. The van der Waals surface area contributed by atoms with E-state index in [0.29, 0.717) is 29.0 Å². The van der Waals surface area contributed by atoms with Crippen molar-refractivity contribution in [3.8, 4) is 0 Å². The van der Waals surface area contributed by atoms with Gasteiger partial charge in [-0.2, -0.15) is 0 Å². The molecule has 0 bridgehead atoms. The third kappa shape index (κ3) is 3.08. The molecule has 1 aromatic carbocycles. The molecule has 124 valence electrons. The molecule has 0 spiro atoms. The Morgan fingerprint density at radius 1 is 1.25 bits per heavy atom. The Labute approximate surface area is 139 Å². The van der Waals surface area contributed by atoms with E-state index in [2.05, 4.69) is 10.3 Å². The zero-order valence-electron chi connectivity index (χ0n) is 13.9. The Balaban J connectivity index is 1.92.